The summed E-state index contributed by atoms with van der Waals surface area (Å²) in [6, 6.07) is -0.548. The largest absolute Gasteiger partial charge is 0.369 e. The van der Waals surface area contributed by atoms with Gasteiger partial charge >= 0.3 is 6.03 Å². The molecule has 37 heavy (non-hydrogen) atoms. The van der Waals surface area contributed by atoms with Crippen molar-refractivity contribution in [1.29, 1.82) is 0 Å². The molecule has 4 atom stereocenters. The van der Waals surface area contributed by atoms with Gasteiger partial charge in [0.15, 0.2) is 6.17 Å². The first-order valence-electron chi connectivity index (χ1n) is 14.9. The van der Waals surface area contributed by atoms with E-state index in [0.29, 0.717) is 6.54 Å². The molecule has 8 rings (SSSR count). The van der Waals surface area contributed by atoms with Crippen LogP contribution in [0.4, 0.5) is 4.79 Å². The molecule has 0 aromatic carbocycles. The lowest BCUT2D eigenvalue weighted by Crippen LogP contribution is -2.66. The molecular weight excluding hydrogens is 466 g/mol. The van der Waals surface area contributed by atoms with E-state index in [4.69, 9.17) is 4.99 Å². The van der Waals surface area contributed by atoms with Crippen molar-refractivity contribution in [1.82, 2.24) is 31.1 Å². The number of hydrogen-bond donors (Lipinski definition) is 4. The van der Waals surface area contributed by atoms with Crippen LogP contribution in [0.25, 0.3) is 0 Å². The van der Waals surface area contributed by atoms with Gasteiger partial charge in [0, 0.05) is 43.0 Å². The summed E-state index contributed by atoms with van der Waals surface area (Å²) < 4.78 is 0. The number of imide groups is 1. The Morgan fingerprint density at radius 1 is 1.03 bits per heavy atom. The first kappa shape index (κ1) is 23.8. The second kappa shape index (κ2) is 8.89. The highest BCUT2D eigenvalue weighted by Gasteiger charge is 2.57. The normalized spacial score (nSPS) is 41.9. The van der Waals surface area contributed by atoms with Crippen LogP contribution in [0, 0.1) is 23.2 Å². The number of urea groups is 1. The zero-order valence-corrected chi connectivity index (χ0v) is 22.2. The van der Waals surface area contributed by atoms with Gasteiger partial charge in [-0.3, -0.25) is 14.6 Å². The van der Waals surface area contributed by atoms with E-state index >= 15 is 0 Å². The van der Waals surface area contributed by atoms with Crippen molar-refractivity contribution < 1.29 is 9.59 Å². The molecule has 3 amide bonds. The number of rotatable bonds is 9. The van der Waals surface area contributed by atoms with E-state index in [2.05, 4.69) is 21.3 Å². The number of amidine groups is 1. The van der Waals surface area contributed by atoms with Gasteiger partial charge in [-0.05, 0) is 82.0 Å². The lowest BCUT2D eigenvalue weighted by Gasteiger charge is -2.54. The van der Waals surface area contributed by atoms with Gasteiger partial charge in [-0.1, -0.05) is 13.3 Å². The average molecular weight is 510 g/mol. The molecule has 3 aliphatic heterocycles. The maximum Gasteiger partial charge on any atom is 0.328 e. The van der Waals surface area contributed by atoms with Crippen LogP contribution < -0.4 is 21.3 Å². The number of carbonyl (C=O) groups excluding carboxylic acids is 2. The predicted octanol–water partition coefficient (Wildman–Crippen LogP) is 2.47. The van der Waals surface area contributed by atoms with Crippen LogP contribution in [0.2, 0.25) is 0 Å². The summed E-state index contributed by atoms with van der Waals surface area (Å²) in [5.74, 6) is 3.47. The van der Waals surface area contributed by atoms with Crippen molar-refractivity contribution in [3.8, 4) is 0 Å². The Bertz CT molecular complexity index is 968. The summed E-state index contributed by atoms with van der Waals surface area (Å²) in [7, 11) is 0. The standard InChI is InChI=1S/C28H43N7O2/c1-2-15-35-24(36)22-23(34(26(35)37)16-6-20-18-4-3-5-19(18)20)33-25(32-22)27-7-10-28(11-8-27,12-9-27)31-17-21-29-13-14-30-21/h13-14,18-23,29-31H,2-12,15-17H2,1H3,(H,32,33). The van der Waals surface area contributed by atoms with Crippen molar-refractivity contribution in [3.05, 3.63) is 12.4 Å². The highest BCUT2D eigenvalue weighted by molar-refractivity contribution is 6.05. The Kier molecular flexibility index (Phi) is 5.72. The van der Waals surface area contributed by atoms with Gasteiger partial charge in [0.1, 0.15) is 18.0 Å². The van der Waals surface area contributed by atoms with E-state index in [1.54, 1.807) is 0 Å². The second-order valence-corrected chi connectivity index (χ2v) is 12.9. The van der Waals surface area contributed by atoms with Gasteiger partial charge in [-0.25, -0.2) is 9.79 Å². The fourth-order valence-corrected chi connectivity index (χ4v) is 8.69. The summed E-state index contributed by atoms with van der Waals surface area (Å²) in [6.45, 7) is 4.15. The fraction of sp³-hybridized carbons (Fsp3) is 0.821. The van der Waals surface area contributed by atoms with Gasteiger partial charge in [-0.2, -0.15) is 0 Å². The van der Waals surface area contributed by atoms with Crippen molar-refractivity contribution in [3.63, 3.8) is 0 Å². The molecule has 2 bridgehead atoms. The minimum atomic E-state index is -0.425. The molecule has 5 saturated carbocycles. The molecule has 0 spiro atoms. The SMILES string of the molecule is CCCN1C(=O)C2NC(C34CCC(NCC5NC=CN5)(CC3)CC4)=NC2N(CCC2C3CCCC32)C1=O. The molecule has 0 aromatic rings. The van der Waals surface area contributed by atoms with Gasteiger partial charge in [0.2, 0.25) is 0 Å². The van der Waals surface area contributed by atoms with E-state index in [1.165, 1.54) is 24.2 Å². The quantitative estimate of drug-likeness (QED) is 0.381. The maximum absolute atomic E-state index is 13.5. The van der Waals surface area contributed by atoms with E-state index < -0.39 is 6.04 Å². The maximum atomic E-state index is 13.5. The molecule has 4 unspecified atom stereocenters. The van der Waals surface area contributed by atoms with Crippen LogP contribution in [-0.2, 0) is 4.79 Å². The Balaban J connectivity index is 1.05. The number of hydrogen-bond acceptors (Lipinski definition) is 7. The van der Waals surface area contributed by atoms with E-state index in [9.17, 15) is 9.59 Å². The minimum Gasteiger partial charge on any atom is -0.369 e. The Morgan fingerprint density at radius 3 is 2.41 bits per heavy atom. The third kappa shape index (κ3) is 3.86. The molecule has 0 radical (unpaired) electrons. The number of fused-ring (bicyclic) bond motifs is 5. The van der Waals surface area contributed by atoms with Crippen LogP contribution in [0.5, 0.6) is 0 Å². The summed E-state index contributed by atoms with van der Waals surface area (Å²) in [5, 5.41) is 14.2. The third-order valence-corrected chi connectivity index (χ3v) is 11.0. The summed E-state index contributed by atoms with van der Waals surface area (Å²) in [4.78, 5) is 35.6. The highest BCUT2D eigenvalue weighted by Crippen LogP contribution is 2.59. The summed E-state index contributed by atoms with van der Waals surface area (Å²) in [6.07, 6.45) is 16.4. The van der Waals surface area contributed by atoms with E-state index in [1.807, 2.05) is 24.2 Å². The third-order valence-electron chi connectivity index (χ3n) is 11.0. The van der Waals surface area contributed by atoms with Crippen LogP contribution in [0.1, 0.15) is 77.6 Å². The molecular formula is C28H43N7O2. The summed E-state index contributed by atoms with van der Waals surface area (Å²) in [5.41, 5.74) is 0.224. The van der Waals surface area contributed by atoms with Crippen molar-refractivity contribution in [2.24, 2.45) is 28.2 Å². The zero-order chi connectivity index (χ0) is 25.2. The number of aliphatic imine (C=N–C) groups is 1. The van der Waals surface area contributed by atoms with Crippen LogP contribution in [0.3, 0.4) is 0 Å². The fourth-order valence-electron chi connectivity index (χ4n) is 8.69. The van der Waals surface area contributed by atoms with Crippen molar-refractivity contribution in [2.75, 3.05) is 19.6 Å². The first-order valence-corrected chi connectivity index (χ1v) is 14.9. The van der Waals surface area contributed by atoms with Crippen LogP contribution >= 0.6 is 0 Å². The molecule has 9 nitrogen and oxygen atoms in total. The number of carbonyl (C=O) groups is 2. The lowest BCUT2D eigenvalue weighted by molar-refractivity contribution is -0.134. The predicted molar refractivity (Wildman–Crippen MR) is 141 cm³/mol. The highest BCUT2D eigenvalue weighted by atomic mass is 16.2. The van der Waals surface area contributed by atoms with Crippen molar-refractivity contribution in [2.45, 2.75) is 101 Å². The topological polar surface area (TPSA) is 101 Å². The summed E-state index contributed by atoms with van der Waals surface area (Å²) >= 11 is 0. The lowest BCUT2D eigenvalue weighted by atomic mass is 9.56. The first-order chi connectivity index (χ1) is 18.0. The number of amides is 3. The Morgan fingerprint density at radius 2 is 1.73 bits per heavy atom. The van der Waals surface area contributed by atoms with Gasteiger partial charge in [0.25, 0.3) is 5.91 Å². The van der Waals surface area contributed by atoms with E-state index in [-0.39, 0.29) is 35.2 Å². The van der Waals surface area contributed by atoms with Gasteiger partial charge in [0.05, 0.1) is 0 Å². The zero-order valence-electron chi connectivity index (χ0n) is 22.2. The molecule has 0 aromatic heterocycles. The smallest absolute Gasteiger partial charge is 0.328 e. The van der Waals surface area contributed by atoms with Crippen molar-refractivity contribution >= 4 is 17.8 Å². The molecule has 5 aliphatic carbocycles. The Hall–Kier alpha value is -2.29. The molecule has 6 fully saturated rings. The molecule has 9 heteroatoms. The second-order valence-electron chi connectivity index (χ2n) is 12.9. The van der Waals surface area contributed by atoms with Gasteiger partial charge in [-0.15, -0.1) is 0 Å². The monoisotopic (exact) mass is 509 g/mol. The minimum absolute atomic E-state index is 0.0181. The molecule has 1 saturated heterocycles. The van der Waals surface area contributed by atoms with Crippen LogP contribution in [0.15, 0.2) is 17.4 Å². The number of nitrogens with one attached hydrogen (secondary N) is 4. The van der Waals surface area contributed by atoms with Gasteiger partial charge < -0.3 is 21.3 Å². The average Bonchev–Trinajstić information content (AvgIpc) is 3.46. The van der Waals surface area contributed by atoms with E-state index in [0.717, 1.165) is 88.0 Å². The number of nitrogens with zero attached hydrogens (tertiary/aromatic N) is 3. The molecule has 4 N–H and O–H groups in total. The Labute approximate surface area is 220 Å². The van der Waals surface area contributed by atoms with Crippen LogP contribution in [-0.4, -0.2) is 71.1 Å². The molecule has 202 valence electrons. The molecule has 8 aliphatic rings. The molecule has 3 heterocycles.